The lowest BCUT2D eigenvalue weighted by atomic mass is 10.1. The fraction of sp³-hybridized carbons (Fsp3) is 0.435. The molecule has 0 radical (unpaired) electrons. The van der Waals surface area contributed by atoms with Gasteiger partial charge in [-0.05, 0) is 49.6 Å². The Morgan fingerprint density at radius 1 is 1.06 bits per heavy atom. The number of ether oxygens (including phenoxy) is 2. The molecule has 1 N–H and O–H groups in total. The molecule has 0 aliphatic carbocycles. The third-order valence-corrected chi connectivity index (χ3v) is 7.21. The second-order valence-electron chi connectivity index (χ2n) is 7.48. The molecule has 2 aromatic carbocycles. The van der Waals surface area contributed by atoms with Crippen molar-refractivity contribution >= 4 is 21.6 Å². The smallest absolute Gasteiger partial charge is 0.255 e. The van der Waals surface area contributed by atoms with Crippen LogP contribution >= 0.6 is 0 Å². The minimum absolute atomic E-state index is 0.108. The van der Waals surface area contributed by atoms with Gasteiger partial charge in [-0.15, -0.1) is 0 Å². The molecule has 0 unspecified atom stereocenters. The number of amides is 1. The van der Waals surface area contributed by atoms with Gasteiger partial charge in [-0.3, -0.25) is 4.79 Å². The van der Waals surface area contributed by atoms with E-state index >= 15 is 0 Å². The third kappa shape index (κ3) is 5.57. The number of rotatable bonds is 9. The second-order valence-corrected chi connectivity index (χ2v) is 9.39. The highest BCUT2D eigenvalue weighted by atomic mass is 32.2. The maximum Gasteiger partial charge on any atom is 0.255 e. The Balaban J connectivity index is 1.81. The Labute approximate surface area is 184 Å². The van der Waals surface area contributed by atoms with Crippen molar-refractivity contribution in [2.45, 2.75) is 43.9 Å². The first-order valence-corrected chi connectivity index (χ1v) is 12.1. The molecule has 1 heterocycles. The molecule has 1 aliphatic heterocycles. The molecule has 0 aromatic heterocycles. The van der Waals surface area contributed by atoms with Crippen LogP contribution in [0.1, 0.15) is 49.4 Å². The number of anilines is 1. The normalized spacial score (nSPS) is 14.8. The van der Waals surface area contributed by atoms with Crippen LogP contribution in [0.3, 0.4) is 0 Å². The Kier molecular flexibility index (Phi) is 7.92. The molecular weight excluding hydrogens is 416 g/mol. The van der Waals surface area contributed by atoms with Crippen molar-refractivity contribution in [1.82, 2.24) is 4.31 Å². The molecule has 0 spiro atoms. The van der Waals surface area contributed by atoms with E-state index in [1.54, 1.807) is 36.4 Å². The first-order valence-electron chi connectivity index (χ1n) is 10.7. The SMILES string of the molecule is CCCCOc1ccc(C(=O)Nc2ccccc2S(=O)(=O)N2CCCCC2)cc1OC. The van der Waals surface area contributed by atoms with E-state index < -0.39 is 15.9 Å². The van der Waals surface area contributed by atoms with E-state index in [9.17, 15) is 13.2 Å². The Bertz CT molecular complexity index is 1000. The van der Waals surface area contributed by atoms with Gasteiger partial charge in [-0.25, -0.2) is 8.42 Å². The van der Waals surface area contributed by atoms with Gasteiger partial charge in [-0.1, -0.05) is 31.9 Å². The molecule has 7 nitrogen and oxygen atoms in total. The monoisotopic (exact) mass is 446 g/mol. The van der Waals surface area contributed by atoms with Gasteiger partial charge in [-0.2, -0.15) is 4.31 Å². The Hall–Kier alpha value is -2.58. The van der Waals surface area contributed by atoms with Gasteiger partial charge in [0.2, 0.25) is 10.0 Å². The number of carbonyl (C=O) groups is 1. The summed E-state index contributed by atoms with van der Waals surface area (Å²) < 4.78 is 38.8. The average molecular weight is 447 g/mol. The highest BCUT2D eigenvalue weighted by molar-refractivity contribution is 7.89. The molecule has 1 saturated heterocycles. The van der Waals surface area contributed by atoms with Gasteiger partial charge < -0.3 is 14.8 Å². The molecule has 168 valence electrons. The van der Waals surface area contributed by atoms with E-state index in [0.717, 1.165) is 32.1 Å². The zero-order valence-electron chi connectivity index (χ0n) is 18.1. The summed E-state index contributed by atoms with van der Waals surface area (Å²) in [6.07, 6.45) is 4.67. The van der Waals surface area contributed by atoms with Crippen LogP contribution in [0.15, 0.2) is 47.4 Å². The van der Waals surface area contributed by atoms with Crippen molar-refractivity contribution in [2.75, 3.05) is 32.1 Å². The number of nitrogens with zero attached hydrogens (tertiary/aromatic N) is 1. The number of benzene rings is 2. The fourth-order valence-electron chi connectivity index (χ4n) is 3.49. The average Bonchev–Trinajstić information content (AvgIpc) is 2.80. The third-order valence-electron chi connectivity index (χ3n) is 5.25. The van der Waals surface area contributed by atoms with Gasteiger partial charge in [0.25, 0.3) is 5.91 Å². The number of sulfonamides is 1. The maximum atomic E-state index is 13.1. The van der Waals surface area contributed by atoms with Crippen molar-refractivity contribution in [3.05, 3.63) is 48.0 Å². The van der Waals surface area contributed by atoms with Crippen molar-refractivity contribution in [3.8, 4) is 11.5 Å². The highest BCUT2D eigenvalue weighted by Crippen LogP contribution is 2.30. The number of unbranched alkanes of at least 4 members (excludes halogenated alkanes) is 1. The zero-order chi connectivity index (χ0) is 22.3. The fourth-order valence-corrected chi connectivity index (χ4v) is 5.15. The van der Waals surface area contributed by atoms with Gasteiger partial charge in [0, 0.05) is 18.7 Å². The van der Waals surface area contributed by atoms with E-state index in [1.165, 1.54) is 17.5 Å². The predicted octanol–water partition coefficient (Wildman–Crippen LogP) is 4.30. The van der Waals surface area contributed by atoms with E-state index in [2.05, 4.69) is 12.2 Å². The van der Waals surface area contributed by atoms with Crippen LogP contribution in [-0.2, 0) is 10.0 Å². The van der Waals surface area contributed by atoms with Crippen molar-refractivity contribution in [1.29, 1.82) is 0 Å². The molecule has 8 heteroatoms. The van der Waals surface area contributed by atoms with Crippen molar-refractivity contribution in [2.24, 2.45) is 0 Å². The van der Waals surface area contributed by atoms with Gasteiger partial charge in [0.1, 0.15) is 4.90 Å². The lowest BCUT2D eigenvalue weighted by Crippen LogP contribution is -2.36. The van der Waals surface area contributed by atoms with E-state index in [0.29, 0.717) is 36.8 Å². The van der Waals surface area contributed by atoms with E-state index in [-0.39, 0.29) is 10.6 Å². The number of methoxy groups -OCH3 is 1. The van der Waals surface area contributed by atoms with Crippen LogP contribution in [0, 0.1) is 0 Å². The number of hydrogen-bond donors (Lipinski definition) is 1. The first kappa shape index (κ1) is 23.1. The number of para-hydroxylation sites is 1. The van der Waals surface area contributed by atoms with Crippen LogP contribution in [0.25, 0.3) is 0 Å². The molecule has 31 heavy (non-hydrogen) atoms. The Morgan fingerprint density at radius 2 is 1.81 bits per heavy atom. The molecule has 1 fully saturated rings. The molecule has 3 rings (SSSR count). The minimum atomic E-state index is -3.68. The highest BCUT2D eigenvalue weighted by Gasteiger charge is 2.28. The second kappa shape index (κ2) is 10.6. The van der Waals surface area contributed by atoms with Crippen molar-refractivity contribution < 1.29 is 22.7 Å². The predicted molar refractivity (Wildman–Crippen MR) is 120 cm³/mol. The summed E-state index contributed by atoms with van der Waals surface area (Å²) in [5.74, 6) is 0.609. The lowest BCUT2D eigenvalue weighted by molar-refractivity contribution is 0.102. The van der Waals surface area contributed by atoms with Gasteiger partial charge in [0.05, 0.1) is 19.4 Å². The molecule has 0 bridgehead atoms. The maximum absolute atomic E-state index is 13.1. The van der Waals surface area contributed by atoms with Crippen LogP contribution in [0.5, 0.6) is 11.5 Å². The first-order chi connectivity index (χ1) is 15.0. The van der Waals surface area contributed by atoms with Gasteiger partial charge >= 0.3 is 0 Å². The molecular formula is C23H30N2O5S. The number of piperidine rings is 1. The topological polar surface area (TPSA) is 84.9 Å². The van der Waals surface area contributed by atoms with Crippen molar-refractivity contribution in [3.63, 3.8) is 0 Å². The summed E-state index contributed by atoms with van der Waals surface area (Å²) in [5.41, 5.74) is 0.616. The molecule has 2 aromatic rings. The summed E-state index contributed by atoms with van der Waals surface area (Å²) in [6.45, 7) is 3.65. The minimum Gasteiger partial charge on any atom is -0.493 e. The van der Waals surface area contributed by atoms with Crippen LogP contribution in [0.2, 0.25) is 0 Å². The number of nitrogens with one attached hydrogen (secondary N) is 1. The summed E-state index contributed by atoms with van der Waals surface area (Å²) in [6, 6.07) is 11.4. The molecule has 1 amide bonds. The lowest BCUT2D eigenvalue weighted by Gasteiger charge is -2.26. The Morgan fingerprint density at radius 3 is 2.52 bits per heavy atom. The van der Waals surface area contributed by atoms with Crippen LogP contribution in [0.4, 0.5) is 5.69 Å². The zero-order valence-corrected chi connectivity index (χ0v) is 18.9. The van der Waals surface area contributed by atoms with Crippen LogP contribution in [-0.4, -0.2) is 45.4 Å². The summed E-state index contributed by atoms with van der Waals surface area (Å²) >= 11 is 0. The molecule has 0 saturated carbocycles. The summed E-state index contributed by atoms with van der Waals surface area (Å²) in [5, 5.41) is 2.75. The standard InChI is InChI=1S/C23H30N2O5S/c1-3-4-16-30-20-13-12-18(17-21(20)29-2)23(26)24-19-10-6-7-11-22(19)31(27,28)25-14-8-5-9-15-25/h6-7,10-13,17H,3-5,8-9,14-16H2,1-2H3,(H,24,26). The summed E-state index contributed by atoms with van der Waals surface area (Å²) in [7, 11) is -2.16. The molecule has 0 atom stereocenters. The largest absolute Gasteiger partial charge is 0.493 e. The summed E-state index contributed by atoms with van der Waals surface area (Å²) in [4.78, 5) is 13.0. The van der Waals surface area contributed by atoms with E-state index in [1.807, 2.05) is 0 Å². The quantitative estimate of drug-likeness (QED) is 0.581. The number of hydrogen-bond acceptors (Lipinski definition) is 5. The molecule has 1 aliphatic rings. The van der Waals surface area contributed by atoms with E-state index in [4.69, 9.17) is 9.47 Å². The van der Waals surface area contributed by atoms with Gasteiger partial charge in [0.15, 0.2) is 11.5 Å². The number of carbonyl (C=O) groups excluding carboxylic acids is 1. The van der Waals surface area contributed by atoms with Crippen LogP contribution < -0.4 is 14.8 Å².